The third-order valence-electron chi connectivity index (χ3n) is 2.48. The standard InChI is InChI=1S/C12H15ClN2O/c1-8(16)5-14-6-9-7-15-12-4-10(13)2-3-11(9)12/h2-4,7-8,14-16H,5-6H2,1H3. The Balaban J connectivity index is 2.13. The highest BCUT2D eigenvalue weighted by Crippen LogP contribution is 2.21. The summed E-state index contributed by atoms with van der Waals surface area (Å²) in [5, 5.41) is 14.2. The van der Waals surface area contributed by atoms with E-state index in [-0.39, 0.29) is 6.10 Å². The van der Waals surface area contributed by atoms with Gasteiger partial charge in [-0.1, -0.05) is 17.7 Å². The van der Waals surface area contributed by atoms with Crippen LogP contribution in [0.1, 0.15) is 12.5 Å². The van der Waals surface area contributed by atoms with E-state index < -0.39 is 0 Å². The van der Waals surface area contributed by atoms with E-state index >= 15 is 0 Å². The van der Waals surface area contributed by atoms with E-state index in [0.717, 1.165) is 17.1 Å². The van der Waals surface area contributed by atoms with Gasteiger partial charge < -0.3 is 15.4 Å². The summed E-state index contributed by atoms with van der Waals surface area (Å²) in [4.78, 5) is 3.18. The van der Waals surface area contributed by atoms with E-state index in [1.54, 1.807) is 6.92 Å². The largest absolute Gasteiger partial charge is 0.392 e. The summed E-state index contributed by atoms with van der Waals surface area (Å²) in [5.74, 6) is 0. The van der Waals surface area contributed by atoms with Crippen LogP contribution < -0.4 is 5.32 Å². The minimum atomic E-state index is -0.320. The summed E-state index contributed by atoms with van der Waals surface area (Å²) >= 11 is 5.91. The molecule has 4 heteroatoms. The zero-order valence-corrected chi connectivity index (χ0v) is 9.88. The molecule has 0 saturated carbocycles. The van der Waals surface area contributed by atoms with Gasteiger partial charge in [-0.05, 0) is 24.6 Å². The van der Waals surface area contributed by atoms with Crippen molar-refractivity contribution in [2.75, 3.05) is 6.54 Å². The van der Waals surface area contributed by atoms with Crippen molar-refractivity contribution in [3.05, 3.63) is 35.0 Å². The van der Waals surface area contributed by atoms with Crippen molar-refractivity contribution < 1.29 is 5.11 Å². The van der Waals surface area contributed by atoms with Gasteiger partial charge in [-0.15, -0.1) is 0 Å². The Bertz CT molecular complexity index is 479. The van der Waals surface area contributed by atoms with Crippen molar-refractivity contribution in [2.24, 2.45) is 0 Å². The summed E-state index contributed by atoms with van der Waals surface area (Å²) in [6.07, 6.45) is 1.65. The first-order chi connectivity index (χ1) is 7.66. The fourth-order valence-electron chi connectivity index (χ4n) is 1.72. The van der Waals surface area contributed by atoms with E-state index in [4.69, 9.17) is 16.7 Å². The van der Waals surface area contributed by atoms with E-state index in [0.29, 0.717) is 6.54 Å². The van der Waals surface area contributed by atoms with Crippen LogP contribution in [0.2, 0.25) is 5.02 Å². The Labute approximate surface area is 99.4 Å². The van der Waals surface area contributed by atoms with Crippen LogP contribution in [0.4, 0.5) is 0 Å². The highest BCUT2D eigenvalue weighted by Gasteiger charge is 2.04. The zero-order chi connectivity index (χ0) is 11.5. The molecule has 86 valence electrons. The smallest absolute Gasteiger partial charge is 0.0636 e. The molecule has 0 aliphatic carbocycles. The lowest BCUT2D eigenvalue weighted by molar-refractivity contribution is 0.191. The van der Waals surface area contributed by atoms with E-state index in [9.17, 15) is 0 Å². The first kappa shape index (κ1) is 11.5. The molecule has 1 aromatic carbocycles. The molecule has 1 atom stereocenters. The van der Waals surface area contributed by atoms with Gasteiger partial charge in [0.1, 0.15) is 0 Å². The van der Waals surface area contributed by atoms with Gasteiger partial charge in [0.05, 0.1) is 6.10 Å². The number of halogens is 1. The van der Waals surface area contributed by atoms with Crippen molar-refractivity contribution in [2.45, 2.75) is 19.6 Å². The van der Waals surface area contributed by atoms with Gasteiger partial charge in [0.25, 0.3) is 0 Å². The Morgan fingerprint density at radius 2 is 2.31 bits per heavy atom. The topological polar surface area (TPSA) is 48.0 Å². The molecular weight excluding hydrogens is 224 g/mol. The number of aromatic amines is 1. The highest BCUT2D eigenvalue weighted by atomic mass is 35.5. The lowest BCUT2D eigenvalue weighted by Crippen LogP contribution is -2.23. The molecule has 0 fully saturated rings. The van der Waals surface area contributed by atoms with Gasteiger partial charge in [-0.2, -0.15) is 0 Å². The number of fused-ring (bicyclic) bond motifs is 1. The second-order valence-electron chi connectivity index (χ2n) is 3.98. The van der Waals surface area contributed by atoms with Crippen molar-refractivity contribution >= 4 is 22.5 Å². The number of nitrogens with one attached hydrogen (secondary N) is 2. The summed E-state index contributed by atoms with van der Waals surface area (Å²) in [7, 11) is 0. The molecule has 0 spiro atoms. The molecular formula is C12H15ClN2O. The van der Waals surface area contributed by atoms with E-state index in [1.807, 2.05) is 24.4 Å². The van der Waals surface area contributed by atoms with E-state index in [2.05, 4.69) is 10.3 Å². The molecule has 1 unspecified atom stereocenters. The summed E-state index contributed by atoms with van der Waals surface area (Å²) < 4.78 is 0. The third kappa shape index (κ3) is 2.55. The van der Waals surface area contributed by atoms with Crippen LogP contribution in [0, 0.1) is 0 Å². The maximum absolute atomic E-state index is 9.14. The van der Waals surface area contributed by atoms with Crippen molar-refractivity contribution in [1.29, 1.82) is 0 Å². The number of hydrogen-bond donors (Lipinski definition) is 3. The molecule has 16 heavy (non-hydrogen) atoms. The fourth-order valence-corrected chi connectivity index (χ4v) is 1.89. The van der Waals surface area contributed by atoms with Crippen LogP contribution in [0.5, 0.6) is 0 Å². The Morgan fingerprint density at radius 1 is 1.50 bits per heavy atom. The van der Waals surface area contributed by atoms with Gasteiger partial charge in [-0.25, -0.2) is 0 Å². The number of H-pyrrole nitrogens is 1. The maximum atomic E-state index is 9.14. The zero-order valence-electron chi connectivity index (χ0n) is 9.13. The van der Waals surface area contributed by atoms with Crippen molar-refractivity contribution in [1.82, 2.24) is 10.3 Å². The van der Waals surface area contributed by atoms with Gasteiger partial charge in [0.15, 0.2) is 0 Å². The molecule has 2 aromatic rings. The van der Waals surface area contributed by atoms with Gasteiger partial charge in [0, 0.05) is 35.2 Å². The number of hydrogen-bond acceptors (Lipinski definition) is 2. The number of rotatable bonds is 4. The average molecular weight is 239 g/mol. The predicted octanol–water partition coefficient (Wildman–Crippen LogP) is 2.29. The van der Waals surface area contributed by atoms with Crippen LogP contribution in [-0.4, -0.2) is 22.7 Å². The number of benzene rings is 1. The average Bonchev–Trinajstić information content (AvgIpc) is 2.60. The normalized spacial score (nSPS) is 13.2. The summed E-state index contributed by atoms with van der Waals surface area (Å²) in [5.41, 5.74) is 2.23. The lowest BCUT2D eigenvalue weighted by atomic mass is 10.2. The molecule has 0 aliphatic heterocycles. The lowest BCUT2D eigenvalue weighted by Gasteiger charge is -2.05. The summed E-state index contributed by atoms with van der Waals surface area (Å²) in [6.45, 7) is 3.11. The van der Waals surface area contributed by atoms with Gasteiger partial charge in [-0.3, -0.25) is 0 Å². The molecule has 0 amide bonds. The van der Waals surface area contributed by atoms with Gasteiger partial charge in [0.2, 0.25) is 0 Å². The molecule has 1 heterocycles. The van der Waals surface area contributed by atoms with Crippen LogP contribution in [0.25, 0.3) is 10.9 Å². The predicted molar refractivity (Wildman–Crippen MR) is 66.7 cm³/mol. The second-order valence-corrected chi connectivity index (χ2v) is 4.42. The van der Waals surface area contributed by atoms with Gasteiger partial charge >= 0.3 is 0 Å². The highest BCUT2D eigenvalue weighted by molar-refractivity contribution is 6.31. The molecule has 0 saturated heterocycles. The molecule has 2 rings (SSSR count). The first-order valence-electron chi connectivity index (χ1n) is 5.31. The van der Waals surface area contributed by atoms with Crippen molar-refractivity contribution in [3.63, 3.8) is 0 Å². The molecule has 0 bridgehead atoms. The molecule has 3 nitrogen and oxygen atoms in total. The third-order valence-corrected chi connectivity index (χ3v) is 2.72. The molecule has 1 aromatic heterocycles. The Morgan fingerprint density at radius 3 is 3.06 bits per heavy atom. The van der Waals surface area contributed by atoms with Crippen LogP contribution in [0.15, 0.2) is 24.4 Å². The maximum Gasteiger partial charge on any atom is 0.0636 e. The number of aliphatic hydroxyl groups is 1. The molecule has 0 radical (unpaired) electrons. The molecule has 0 aliphatic rings. The number of aliphatic hydroxyl groups excluding tert-OH is 1. The first-order valence-corrected chi connectivity index (χ1v) is 5.69. The van der Waals surface area contributed by atoms with Crippen LogP contribution in [0.3, 0.4) is 0 Å². The van der Waals surface area contributed by atoms with Crippen LogP contribution in [-0.2, 0) is 6.54 Å². The fraction of sp³-hybridized carbons (Fsp3) is 0.333. The minimum absolute atomic E-state index is 0.320. The Hall–Kier alpha value is -1.03. The quantitative estimate of drug-likeness (QED) is 0.766. The minimum Gasteiger partial charge on any atom is -0.392 e. The second kappa shape index (κ2) is 4.87. The Kier molecular flexibility index (Phi) is 3.49. The van der Waals surface area contributed by atoms with Crippen LogP contribution >= 0.6 is 11.6 Å². The SMILES string of the molecule is CC(O)CNCc1c[nH]c2cc(Cl)ccc12. The van der Waals surface area contributed by atoms with Crippen molar-refractivity contribution in [3.8, 4) is 0 Å². The summed E-state index contributed by atoms with van der Waals surface area (Å²) in [6, 6.07) is 5.80. The number of aromatic nitrogens is 1. The monoisotopic (exact) mass is 238 g/mol. The van der Waals surface area contributed by atoms with E-state index in [1.165, 1.54) is 10.9 Å². The molecule has 3 N–H and O–H groups in total.